The zero-order valence-electron chi connectivity index (χ0n) is 13.1. The van der Waals surface area contributed by atoms with Gasteiger partial charge in [0.05, 0.1) is 0 Å². The molecular weight excluding hydrogens is 268 g/mol. The molecule has 0 radical (unpaired) electrons. The van der Waals surface area contributed by atoms with Crippen molar-refractivity contribution in [1.29, 1.82) is 0 Å². The van der Waals surface area contributed by atoms with Crippen molar-refractivity contribution in [3.63, 3.8) is 0 Å². The van der Waals surface area contributed by atoms with E-state index in [0.29, 0.717) is 19.5 Å². The first-order valence-corrected chi connectivity index (χ1v) is 7.93. The Hall–Kier alpha value is -1.30. The van der Waals surface area contributed by atoms with E-state index in [9.17, 15) is 9.59 Å². The Morgan fingerprint density at radius 1 is 1.33 bits per heavy atom. The first-order chi connectivity index (χ1) is 9.97. The standard InChI is InChI=1S/C15H26N4O2/c1-17(2)14(21)19-6-5-18(8-12-3-4-12)10-15(11-19)7-13(20)16-9-15/h12H,3-11H2,1-2H3,(H,16,20)/t15-/m1/s1. The minimum Gasteiger partial charge on any atom is -0.355 e. The quantitative estimate of drug-likeness (QED) is 0.792. The fraction of sp³-hybridized carbons (Fsp3) is 0.867. The fourth-order valence-corrected chi connectivity index (χ4v) is 3.59. The molecule has 1 aliphatic carbocycles. The molecule has 21 heavy (non-hydrogen) atoms. The number of amides is 3. The van der Waals surface area contributed by atoms with Gasteiger partial charge < -0.3 is 20.0 Å². The van der Waals surface area contributed by atoms with Crippen molar-refractivity contribution in [3.05, 3.63) is 0 Å². The summed E-state index contributed by atoms with van der Waals surface area (Å²) < 4.78 is 0. The molecule has 3 amide bonds. The largest absolute Gasteiger partial charge is 0.355 e. The van der Waals surface area contributed by atoms with Gasteiger partial charge in [-0.3, -0.25) is 4.79 Å². The third-order valence-corrected chi connectivity index (χ3v) is 4.83. The molecule has 2 heterocycles. The number of rotatable bonds is 2. The topological polar surface area (TPSA) is 55.9 Å². The number of hydrogen-bond donors (Lipinski definition) is 1. The van der Waals surface area contributed by atoms with Crippen LogP contribution in [0.5, 0.6) is 0 Å². The van der Waals surface area contributed by atoms with Crippen LogP contribution in [-0.2, 0) is 4.79 Å². The average molecular weight is 294 g/mol. The summed E-state index contributed by atoms with van der Waals surface area (Å²) >= 11 is 0. The SMILES string of the molecule is CN(C)C(=O)N1CCN(CC2CC2)C[C@@]2(CNC(=O)C2)C1. The molecule has 0 aromatic heterocycles. The maximum Gasteiger partial charge on any atom is 0.319 e. The maximum atomic E-state index is 12.3. The summed E-state index contributed by atoms with van der Waals surface area (Å²) in [6, 6.07) is 0.0574. The van der Waals surface area contributed by atoms with Crippen molar-refractivity contribution in [1.82, 2.24) is 20.0 Å². The van der Waals surface area contributed by atoms with E-state index in [4.69, 9.17) is 0 Å². The third-order valence-electron chi connectivity index (χ3n) is 4.83. The lowest BCUT2D eigenvalue weighted by atomic mass is 9.86. The van der Waals surface area contributed by atoms with Gasteiger partial charge >= 0.3 is 6.03 Å². The summed E-state index contributed by atoms with van der Waals surface area (Å²) in [5.74, 6) is 0.962. The van der Waals surface area contributed by atoms with Crippen LogP contribution in [-0.4, -0.2) is 80.0 Å². The van der Waals surface area contributed by atoms with Crippen molar-refractivity contribution in [3.8, 4) is 0 Å². The van der Waals surface area contributed by atoms with Gasteiger partial charge in [0.1, 0.15) is 0 Å². The van der Waals surface area contributed by atoms with E-state index in [1.807, 2.05) is 4.90 Å². The Morgan fingerprint density at radius 2 is 2.10 bits per heavy atom. The van der Waals surface area contributed by atoms with Crippen LogP contribution in [0.25, 0.3) is 0 Å². The van der Waals surface area contributed by atoms with Crippen molar-refractivity contribution in [2.75, 3.05) is 53.4 Å². The highest BCUT2D eigenvalue weighted by atomic mass is 16.2. The highest BCUT2D eigenvalue weighted by molar-refractivity contribution is 5.80. The Morgan fingerprint density at radius 3 is 2.67 bits per heavy atom. The number of nitrogens with zero attached hydrogens (tertiary/aromatic N) is 3. The van der Waals surface area contributed by atoms with Gasteiger partial charge in [0.2, 0.25) is 5.91 Å². The van der Waals surface area contributed by atoms with Crippen molar-refractivity contribution in [2.45, 2.75) is 19.3 Å². The number of carbonyl (C=O) groups excluding carboxylic acids is 2. The molecule has 6 nitrogen and oxygen atoms in total. The second-order valence-electron chi connectivity index (χ2n) is 7.23. The van der Waals surface area contributed by atoms with Crippen molar-refractivity contribution in [2.24, 2.45) is 11.3 Å². The summed E-state index contributed by atoms with van der Waals surface area (Å²) in [6.45, 7) is 5.12. The Labute approximate surface area is 126 Å². The summed E-state index contributed by atoms with van der Waals surface area (Å²) in [4.78, 5) is 30.1. The molecule has 0 unspecified atom stereocenters. The lowest BCUT2D eigenvalue weighted by molar-refractivity contribution is -0.119. The van der Waals surface area contributed by atoms with Crippen LogP contribution >= 0.6 is 0 Å². The van der Waals surface area contributed by atoms with Crippen LogP contribution in [0.3, 0.4) is 0 Å². The fourth-order valence-electron chi connectivity index (χ4n) is 3.59. The molecule has 6 heteroatoms. The second kappa shape index (κ2) is 5.48. The molecule has 118 valence electrons. The lowest BCUT2D eigenvalue weighted by Gasteiger charge is -2.33. The van der Waals surface area contributed by atoms with E-state index in [2.05, 4.69) is 10.2 Å². The van der Waals surface area contributed by atoms with Gasteiger partial charge in [-0.15, -0.1) is 0 Å². The smallest absolute Gasteiger partial charge is 0.319 e. The van der Waals surface area contributed by atoms with Gasteiger partial charge in [0, 0.05) is 65.2 Å². The number of nitrogens with one attached hydrogen (secondary N) is 1. The van der Waals surface area contributed by atoms with E-state index >= 15 is 0 Å². The Kier molecular flexibility index (Phi) is 3.82. The molecule has 1 spiro atoms. The van der Waals surface area contributed by atoms with Gasteiger partial charge in [0.25, 0.3) is 0 Å². The molecule has 1 atom stereocenters. The highest BCUT2D eigenvalue weighted by Gasteiger charge is 2.44. The number of urea groups is 1. The lowest BCUT2D eigenvalue weighted by Crippen LogP contribution is -2.47. The molecule has 2 aliphatic heterocycles. The summed E-state index contributed by atoms with van der Waals surface area (Å²) in [5, 5.41) is 2.97. The first-order valence-electron chi connectivity index (χ1n) is 7.93. The van der Waals surface area contributed by atoms with Crippen LogP contribution in [0, 0.1) is 11.3 Å². The molecule has 0 bridgehead atoms. The summed E-state index contributed by atoms with van der Waals surface area (Å²) in [5.41, 5.74) is -0.103. The predicted molar refractivity (Wildman–Crippen MR) is 79.9 cm³/mol. The van der Waals surface area contributed by atoms with Crippen LogP contribution in [0.1, 0.15) is 19.3 Å². The minimum atomic E-state index is -0.103. The molecule has 3 rings (SSSR count). The third kappa shape index (κ3) is 3.31. The van der Waals surface area contributed by atoms with Gasteiger partial charge in [-0.05, 0) is 18.8 Å². The van der Waals surface area contributed by atoms with Crippen molar-refractivity contribution >= 4 is 11.9 Å². The van der Waals surface area contributed by atoms with Crippen LogP contribution in [0.15, 0.2) is 0 Å². The molecule has 3 aliphatic rings. The van der Waals surface area contributed by atoms with E-state index in [-0.39, 0.29) is 17.4 Å². The van der Waals surface area contributed by atoms with Crippen LogP contribution < -0.4 is 5.32 Å². The van der Waals surface area contributed by atoms with E-state index in [1.54, 1.807) is 19.0 Å². The van der Waals surface area contributed by atoms with E-state index in [0.717, 1.165) is 32.1 Å². The van der Waals surface area contributed by atoms with Gasteiger partial charge in [-0.25, -0.2) is 4.79 Å². The highest BCUT2D eigenvalue weighted by Crippen LogP contribution is 2.34. The Bertz CT molecular complexity index is 435. The molecular formula is C15H26N4O2. The summed E-state index contributed by atoms with van der Waals surface area (Å²) in [7, 11) is 3.58. The molecule has 0 aromatic carbocycles. The van der Waals surface area contributed by atoms with E-state index in [1.165, 1.54) is 12.8 Å². The first kappa shape index (κ1) is 14.6. The minimum absolute atomic E-state index is 0.0574. The maximum absolute atomic E-state index is 12.3. The van der Waals surface area contributed by atoms with E-state index < -0.39 is 0 Å². The molecule has 2 saturated heterocycles. The normalized spacial score (nSPS) is 30.4. The zero-order chi connectivity index (χ0) is 15.0. The molecule has 1 N–H and O–H groups in total. The Balaban J connectivity index is 1.75. The number of carbonyl (C=O) groups is 2. The monoisotopic (exact) mass is 294 g/mol. The predicted octanol–water partition coefficient (Wildman–Crippen LogP) is 0.202. The average Bonchev–Trinajstić information content (AvgIpc) is 3.18. The molecule has 3 fully saturated rings. The van der Waals surface area contributed by atoms with Crippen LogP contribution in [0.4, 0.5) is 4.79 Å². The molecule has 0 aromatic rings. The number of hydrogen-bond acceptors (Lipinski definition) is 3. The van der Waals surface area contributed by atoms with Gasteiger partial charge in [-0.2, -0.15) is 0 Å². The van der Waals surface area contributed by atoms with Gasteiger partial charge in [-0.1, -0.05) is 0 Å². The molecule has 1 saturated carbocycles. The van der Waals surface area contributed by atoms with Crippen molar-refractivity contribution < 1.29 is 9.59 Å². The summed E-state index contributed by atoms with van der Waals surface area (Å²) in [6.07, 6.45) is 3.22. The van der Waals surface area contributed by atoms with Crippen LogP contribution in [0.2, 0.25) is 0 Å². The second-order valence-corrected chi connectivity index (χ2v) is 7.23. The van der Waals surface area contributed by atoms with Gasteiger partial charge in [0.15, 0.2) is 0 Å². The zero-order valence-corrected chi connectivity index (χ0v) is 13.1.